The predicted molar refractivity (Wildman–Crippen MR) is 112 cm³/mol. The minimum atomic E-state index is -3.59. The lowest BCUT2D eigenvalue weighted by Crippen LogP contribution is -2.31. The first kappa shape index (κ1) is 20.9. The summed E-state index contributed by atoms with van der Waals surface area (Å²) in [5.74, 6) is 1.64. The third-order valence-electron chi connectivity index (χ3n) is 4.25. The van der Waals surface area contributed by atoms with Crippen molar-refractivity contribution in [2.75, 3.05) is 18.0 Å². The minimum absolute atomic E-state index is 0.160. The summed E-state index contributed by atoms with van der Waals surface area (Å²) in [7, 11) is -2.09. The molecule has 3 rings (SSSR count). The molecule has 0 radical (unpaired) electrons. The molecule has 0 saturated heterocycles. The maximum atomic E-state index is 12.6. The summed E-state index contributed by atoms with van der Waals surface area (Å²) in [6.45, 7) is 3.51. The summed E-state index contributed by atoms with van der Waals surface area (Å²) in [5, 5.41) is 4.52. The smallest absolute Gasteiger partial charge is 0.273 e. The maximum Gasteiger partial charge on any atom is 0.273 e. The fourth-order valence-corrected chi connectivity index (χ4v) is 4.98. The Morgan fingerprint density at radius 2 is 1.93 bits per heavy atom. The van der Waals surface area contributed by atoms with Gasteiger partial charge in [-0.25, -0.2) is 8.42 Å². The standard InChI is InChI=1S/C20H22N2O5S2/c1-14-6-11-18(27-14)15(2)21-19(23)13-26-17-9-7-16(8-10-17)22(3)29(24,25)20-5-4-12-28-20/h4-12,15H,13H2,1-3H3,(H,21,23). The molecule has 0 aliphatic rings. The van der Waals surface area contributed by atoms with E-state index in [1.807, 2.05) is 26.0 Å². The average molecular weight is 435 g/mol. The van der Waals surface area contributed by atoms with E-state index in [1.54, 1.807) is 41.8 Å². The predicted octanol–water partition coefficient (Wildman–Crippen LogP) is 3.73. The molecule has 1 amide bonds. The molecule has 29 heavy (non-hydrogen) atoms. The summed E-state index contributed by atoms with van der Waals surface area (Å²) in [6, 6.07) is 13.2. The van der Waals surface area contributed by atoms with Crippen LogP contribution in [0.5, 0.6) is 5.75 Å². The van der Waals surface area contributed by atoms with Crippen molar-refractivity contribution in [3.63, 3.8) is 0 Å². The summed E-state index contributed by atoms with van der Waals surface area (Å²) in [5.41, 5.74) is 0.497. The summed E-state index contributed by atoms with van der Waals surface area (Å²) in [4.78, 5) is 12.1. The van der Waals surface area contributed by atoms with Gasteiger partial charge in [0.2, 0.25) is 0 Å². The number of hydrogen-bond donors (Lipinski definition) is 1. The van der Waals surface area contributed by atoms with Gasteiger partial charge in [-0.15, -0.1) is 11.3 Å². The van der Waals surface area contributed by atoms with Gasteiger partial charge in [-0.05, 0) is 61.7 Å². The molecule has 0 saturated carbocycles. The van der Waals surface area contributed by atoms with E-state index in [0.717, 1.165) is 5.76 Å². The number of anilines is 1. The highest BCUT2D eigenvalue weighted by atomic mass is 32.2. The number of carbonyl (C=O) groups is 1. The molecule has 0 fully saturated rings. The van der Waals surface area contributed by atoms with E-state index in [0.29, 0.717) is 17.2 Å². The van der Waals surface area contributed by atoms with Gasteiger partial charge >= 0.3 is 0 Å². The van der Waals surface area contributed by atoms with Crippen molar-refractivity contribution in [2.24, 2.45) is 0 Å². The Morgan fingerprint density at radius 1 is 1.21 bits per heavy atom. The van der Waals surface area contributed by atoms with Crippen LogP contribution >= 0.6 is 11.3 Å². The maximum absolute atomic E-state index is 12.6. The van der Waals surface area contributed by atoms with Crippen LogP contribution in [0.1, 0.15) is 24.5 Å². The number of thiophene rings is 1. The third-order valence-corrected chi connectivity index (χ3v) is 7.40. The van der Waals surface area contributed by atoms with Crippen molar-refractivity contribution in [2.45, 2.75) is 24.1 Å². The molecule has 2 heterocycles. The van der Waals surface area contributed by atoms with Gasteiger partial charge in [0.15, 0.2) is 6.61 Å². The molecular formula is C20H22N2O5S2. The lowest BCUT2D eigenvalue weighted by Gasteiger charge is -2.18. The van der Waals surface area contributed by atoms with Crippen LogP contribution in [0.2, 0.25) is 0 Å². The zero-order chi connectivity index (χ0) is 21.0. The summed E-state index contributed by atoms with van der Waals surface area (Å²) < 4.78 is 37.6. The van der Waals surface area contributed by atoms with Gasteiger partial charge in [0, 0.05) is 7.05 Å². The first-order valence-electron chi connectivity index (χ1n) is 8.88. The second kappa shape index (κ2) is 8.71. The van der Waals surface area contributed by atoms with E-state index in [1.165, 1.54) is 22.7 Å². The topological polar surface area (TPSA) is 88.9 Å². The molecule has 154 valence electrons. The number of furan rings is 1. The number of hydrogen-bond acceptors (Lipinski definition) is 6. The number of ether oxygens (including phenoxy) is 1. The quantitative estimate of drug-likeness (QED) is 0.584. The van der Waals surface area contributed by atoms with Crippen LogP contribution in [0.3, 0.4) is 0 Å². The Balaban J connectivity index is 1.56. The zero-order valence-electron chi connectivity index (χ0n) is 16.3. The molecule has 1 aromatic carbocycles. The van der Waals surface area contributed by atoms with Crippen molar-refractivity contribution in [3.05, 3.63) is 65.4 Å². The van der Waals surface area contributed by atoms with Gasteiger partial charge in [0.25, 0.3) is 15.9 Å². The van der Waals surface area contributed by atoms with Crippen LogP contribution in [0, 0.1) is 6.92 Å². The molecule has 7 nitrogen and oxygen atoms in total. The molecular weight excluding hydrogens is 412 g/mol. The molecule has 1 N–H and O–H groups in total. The van der Waals surface area contributed by atoms with Gasteiger partial charge in [-0.2, -0.15) is 0 Å². The van der Waals surface area contributed by atoms with Crippen molar-refractivity contribution in [3.8, 4) is 5.75 Å². The summed E-state index contributed by atoms with van der Waals surface area (Å²) >= 11 is 1.17. The number of rotatable bonds is 8. The minimum Gasteiger partial charge on any atom is -0.484 e. The van der Waals surface area contributed by atoms with Crippen LogP contribution in [0.15, 0.2) is 62.5 Å². The molecule has 0 aliphatic heterocycles. The first-order chi connectivity index (χ1) is 13.8. The lowest BCUT2D eigenvalue weighted by atomic mass is 10.2. The molecule has 0 spiro atoms. The number of nitrogens with zero attached hydrogens (tertiary/aromatic N) is 1. The number of amides is 1. The molecule has 3 aromatic rings. The van der Waals surface area contributed by atoms with Gasteiger partial charge in [-0.1, -0.05) is 6.07 Å². The summed E-state index contributed by atoms with van der Waals surface area (Å²) in [6.07, 6.45) is 0. The van der Waals surface area contributed by atoms with Crippen LogP contribution < -0.4 is 14.4 Å². The monoisotopic (exact) mass is 434 g/mol. The van der Waals surface area contributed by atoms with Crippen LogP contribution in [-0.4, -0.2) is 28.0 Å². The number of carbonyl (C=O) groups excluding carboxylic acids is 1. The SMILES string of the molecule is Cc1ccc(C(C)NC(=O)COc2ccc(N(C)S(=O)(=O)c3cccs3)cc2)o1. The molecule has 2 aromatic heterocycles. The van der Waals surface area contributed by atoms with Crippen molar-refractivity contribution >= 4 is 33.0 Å². The Labute approximate surface area is 174 Å². The second-order valence-electron chi connectivity index (χ2n) is 6.42. The first-order valence-corrected chi connectivity index (χ1v) is 11.2. The fourth-order valence-electron chi connectivity index (χ4n) is 2.63. The van der Waals surface area contributed by atoms with E-state index < -0.39 is 10.0 Å². The van der Waals surface area contributed by atoms with Crippen LogP contribution in [0.4, 0.5) is 5.69 Å². The van der Waals surface area contributed by atoms with Gasteiger partial charge in [-0.3, -0.25) is 9.10 Å². The highest BCUT2D eigenvalue weighted by Gasteiger charge is 2.22. The van der Waals surface area contributed by atoms with Crippen molar-refractivity contribution in [1.82, 2.24) is 5.32 Å². The fraction of sp³-hybridized carbons (Fsp3) is 0.250. The molecule has 9 heteroatoms. The van der Waals surface area contributed by atoms with Gasteiger partial charge in [0.05, 0.1) is 11.7 Å². The van der Waals surface area contributed by atoms with Crippen LogP contribution in [-0.2, 0) is 14.8 Å². The van der Waals surface area contributed by atoms with Crippen molar-refractivity contribution in [1.29, 1.82) is 0 Å². The van der Waals surface area contributed by atoms with E-state index in [2.05, 4.69) is 5.32 Å². The molecule has 0 bridgehead atoms. The Kier molecular flexibility index (Phi) is 6.29. The molecule has 1 atom stereocenters. The Hall–Kier alpha value is -2.78. The van der Waals surface area contributed by atoms with Gasteiger partial charge < -0.3 is 14.5 Å². The highest BCUT2D eigenvalue weighted by Crippen LogP contribution is 2.26. The van der Waals surface area contributed by atoms with Crippen LogP contribution in [0.25, 0.3) is 0 Å². The lowest BCUT2D eigenvalue weighted by molar-refractivity contribution is -0.123. The van der Waals surface area contributed by atoms with E-state index in [9.17, 15) is 13.2 Å². The van der Waals surface area contributed by atoms with E-state index in [-0.39, 0.29) is 22.8 Å². The Bertz CT molecular complexity index is 1060. The average Bonchev–Trinajstić information content (AvgIpc) is 3.38. The zero-order valence-corrected chi connectivity index (χ0v) is 17.9. The number of benzene rings is 1. The second-order valence-corrected chi connectivity index (χ2v) is 9.57. The normalized spacial score (nSPS) is 12.4. The van der Waals surface area contributed by atoms with E-state index >= 15 is 0 Å². The number of sulfonamides is 1. The largest absolute Gasteiger partial charge is 0.484 e. The van der Waals surface area contributed by atoms with Crippen molar-refractivity contribution < 1.29 is 22.4 Å². The number of aryl methyl sites for hydroxylation is 1. The Morgan fingerprint density at radius 3 is 2.52 bits per heavy atom. The number of nitrogens with one attached hydrogen (secondary N) is 1. The molecule has 0 aliphatic carbocycles. The third kappa shape index (κ3) is 4.99. The van der Waals surface area contributed by atoms with E-state index in [4.69, 9.17) is 9.15 Å². The van der Waals surface area contributed by atoms with Gasteiger partial charge in [0.1, 0.15) is 21.5 Å². The molecule has 1 unspecified atom stereocenters. The highest BCUT2D eigenvalue weighted by molar-refractivity contribution is 7.94.